The maximum absolute atomic E-state index is 11.1. The van der Waals surface area contributed by atoms with Crippen LogP contribution in [-0.2, 0) is 0 Å². The Morgan fingerprint density at radius 2 is 1.89 bits per heavy atom. The first kappa shape index (κ1) is 12.4. The fourth-order valence-electron chi connectivity index (χ4n) is 1.85. The van der Waals surface area contributed by atoms with Gasteiger partial charge in [-0.1, -0.05) is 26.0 Å². The molecule has 0 spiro atoms. The highest BCUT2D eigenvalue weighted by molar-refractivity contribution is 5.86. The first-order valence-corrected chi connectivity index (χ1v) is 5.89. The first-order chi connectivity index (χ1) is 8.49. The maximum Gasteiger partial charge on any atom is 0.354 e. The van der Waals surface area contributed by atoms with Crippen molar-refractivity contribution in [1.82, 2.24) is 9.78 Å². The molecule has 4 nitrogen and oxygen atoms in total. The van der Waals surface area contributed by atoms with Crippen molar-refractivity contribution < 1.29 is 9.90 Å². The molecule has 0 aliphatic rings. The fourth-order valence-corrected chi connectivity index (χ4v) is 1.85. The molecule has 0 aliphatic carbocycles. The number of carboxylic acids is 1. The van der Waals surface area contributed by atoms with Gasteiger partial charge in [-0.3, -0.25) is 0 Å². The van der Waals surface area contributed by atoms with E-state index in [-0.39, 0.29) is 5.69 Å². The van der Waals surface area contributed by atoms with E-state index in [4.69, 9.17) is 5.11 Å². The summed E-state index contributed by atoms with van der Waals surface area (Å²) in [6, 6.07) is 9.37. The standard InChI is InChI=1S/C14H16N2O2/c1-9(2)11-4-6-12(7-5-11)16-13(14(17)18)8-10(3)15-16/h4-9H,1-3H3,(H,17,18). The number of carbonyl (C=O) groups is 1. The average molecular weight is 244 g/mol. The van der Waals surface area contributed by atoms with Crippen molar-refractivity contribution in [2.45, 2.75) is 26.7 Å². The Bertz CT molecular complexity index is 568. The summed E-state index contributed by atoms with van der Waals surface area (Å²) in [6.07, 6.45) is 0. The summed E-state index contributed by atoms with van der Waals surface area (Å²) in [5, 5.41) is 13.3. The van der Waals surface area contributed by atoms with Gasteiger partial charge in [0.15, 0.2) is 5.69 Å². The summed E-state index contributed by atoms with van der Waals surface area (Å²) < 4.78 is 1.46. The lowest BCUT2D eigenvalue weighted by Crippen LogP contribution is -2.07. The van der Waals surface area contributed by atoms with Crippen LogP contribution in [0.2, 0.25) is 0 Å². The van der Waals surface area contributed by atoms with E-state index >= 15 is 0 Å². The van der Waals surface area contributed by atoms with Gasteiger partial charge in [0, 0.05) is 0 Å². The van der Waals surface area contributed by atoms with E-state index in [9.17, 15) is 4.79 Å². The van der Waals surface area contributed by atoms with Gasteiger partial charge in [0.05, 0.1) is 11.4 Å². The minimum atomic E-state index is -0.969. The fraction of sp³-hybridized carbons (Fsp3) is 0.286. The van der Waals surface area contributed by atoms with E-state index in [1.807, 2.05) is 24.3 Å². The number of hydrogen-bond donors (Lipinski definition) is 1. The number of aromatic nitrogens is 2. The second-order valence-electron chi connectivity index (χ2n) is 4.63. The second-order valence-corrected chi connectivity index (χ2v) is 4.63. The molecule has 0 unspecified atom stereocenters. The summed E-state index contributed by atoms with van der Waals surface area (Å²) >= 11 is 0. The molecule has 94 valence electrons. The van der Waals surface area contributed by atoms with Gasteiger partial charge in [0.1, 0.15) is 0 Å². The zero-order valence-corrected chi connectivity index (χ0v) is 10.7. The number of aryl methyl sites for hydroxylation is 1. The molecule has 1 N–H and O–H groups in total. The summed E-state index contributed by atoms with van der Waals surface area (Å²) in [5.74, 6) is -0.513. The highest BCUT2D eigenvalue weighted by atomic mass is 16.4. The summed E-state index contributed by atoms with van der Waals surface area (Å²) in [6.45, 7) is 6.02. The van der Waals surface area contributed by atoms with Gasteiger partial charge in [-0.25, -0.2) is 9.48 Å². The van der Waals surface area contributed by atoms with Gasteiger partial charge >= 0.3 is 5.97 Å². The van der Waals surface area contributed by atoms with Crippen LogP contribution < -0.4 is 0 Å². The predicted octanol–water partition coefficient (Wildman–Crippen LogP) is 3.00. The Balaban J connectivity index is 2.45. The van der Waals surface area contributed by atoms with E-state index in [0.29, 0.717) is 11.6 Å². The molecule has 1 heterocycles. The van der Waals surface area contributed by atoms with Gasteiger partial charge < -0.3 is 5.11 Å². The zero-order valence-electron chi connectivity index (χ0n) is 10.7. The number of hydrogen-bond acceptors (Lipinski definition) is 2. The van der Waals surface area contributed by atoms with Gasteiger partial charge in [-0.05, 0) is 36.6 Å². The second kappa shape index (κ2) is 4.64. The minimum absolute atomic E-state index is 0.185. The Hall–Kier alpha value is -2.10. The third-order valence-electron chi connectivity index (χ3n) is 2.85. The average Bonchev–Trinajstić information content (AvgIpc) is 2.71. The molecule has 0 saturated heterocycles. The Morgan fingerprint density at radius 1 is 1.28 bits per heavy atom. The molecular formula is C14H16N2O2. The van der Waals surface area contributed by atoms with Crippen molar-refractivity contribution >= 4 is 5.97 Å². The monoisotopic (exact) mass is 244 g/mol. The Kier molecular flexibility index (Phi) is 3.19. The summed E-state index contributed by atoms with van der Waals surface area (Å²) in [5.41, 5.74) is 2.87. The van der Waals surface area contributed by atoms with Gasteiger partial charge in [0.2, 0.25) is 0 Å². The number of rotatable bonds is 3. The lowest BCUT2D eigenvalue weighted by atomic mass is 10.0. The van der Waals surface area contributed by atoms with E-state index in [0.717, 1.165) is 5.69 Å². The molecule has 2 rings (SSSR count). The van der Waals surface area contributed by atoms with E-state index in [1.54, 1.807) is 13.0 Å². The van der Waals surface area contributed by atoms with Crippen molar-refractivity contribution in [3.63, 3.8) is 0 Å². The van der Waals surface area contributed by atoms with E-state index < -0.39 is 5.97 Å². The quantitative estimate of drug-likeness (QED) is 0.903. The third kappa shape index (κ3) is 2.27. The molecule has 18 heavy (non-hydrogen) atoms. The zero-order chi connectivity index (χ0) is 13.3. The third-order valence-corrected chi connectivity index (χ3v) is 2.85. The lowest BCUT2D eigenvalue weighted by Gasteiger charge is -2.08. The van der Waals surface area contributed by atoms with Gasteiger partial charge in [0.25, 0.3) is 0 Å². The molecule has 0 bridgehead atoms. The summed E-state index contributed by atoms with van der Waals surface area (Å²) in [4.78, 5) is 11.1. The lowest BCUT2D eigenvalue weighted by molar-refractivity contribution is 0.0687. The molecule has 0 saturated carbocycles. The van der Waals surface area contributed by atoms with Crippen LogP contribution in [0.15, 0.2) is 30.3 Å². The van der Waals surface area contributed by atoms with Crippen LogP contribution in [0.3, 0.4) is 0 Å². The molecule has 0 fully saturated rings. The van der Waals surface area contributed by atoms with Gasteiger partial charge in [-0.15, -0.1) is 0 Å². The van der Waals surface area contributed by atoms with Crippen LogP contribution in [0.4, 0.5) is 0 Å². The molecule has 2 aromatic rings. The highest BCUT2D eigenvalue weighted by Crippen LogP contribution is 2.18. The minimum Gasteiger partial charge on any atom is -0.477 e. The van der Waals surface area contributed by atoms with E-state index in [1.165, 1.54) is 10.2 Å². The number of benzene rings is 1. The highest BCUT2D eigenvalue weighted by Gasteiger charge is 2.13. The Morgan fingerprint density at radius 3 is 2.39 bits per heavy atom. The normalized spacial score (nSPS) is 10.9. The molecule has 0 atom stereocenters. The Labute approximate surface area is 106 Å². The van der Waals surface area contributed by atoms with E-state index in [2.05, 4.69) is 18.9 Å². The molecular weight excluding hydrogens is 228 g/mol. The maximum atomic E-state index is 11.1. The smallest absolute Gasteiger partial charge is 0.354 e. The molecule has 4 heteroatoms. The number of carboxylic acid groups (broad SMARTS) is 1. The molecule has 1 aromatic heterocycles. The van der Waals surface area contributed by atoms with Crippen molar-refractivity contribution in [2.75, 3.05) is 0 Å². The summed E-state index contributed by atoms with van der Waals surface area (Å²) in [7, 11) is 0. The van der Waals surface area contributed by atoms with Crippen LogP contribution in [0.25, 0.3) is 5.69 Å². The topological polar surface area (TPSA) is 55.1 Å². The molecule has 0 amide bonds. The predicted molar refractivity (Wildman–Crippen MR) is 69.3 cm³/mol. The largest absolute Gasteiger partial charge is 0.477 e. The number of nitrogens with zero attached hydrogens (tertiary/aromatic N) is 2. The van der Waals surface area contributed by atoms with Crippen LogP contribution in [-0.4, -0.2) is 20.9 Å². The molecule has 1 aromatic carbocycles. The van der Waals surface area contributed by atoms with Crippen LogP contribution >= 0.6 is 0 Å². The number of aromatic carboxylic acids is 1. The molecule has 0 radical (unpaired) electrons. The molecule has 0 aliphatic heterocycles. The van der Waals surface area contributed by atoms with Crippen molar-refractivity contribution in [3.05, 3.63) is 47.3 Å². The van der Waals surface area contributed by atoms with Crippen LogP contribution in [0.5, 0.6) is 0 Å². The van der Waals surface area contributed by atoms with Crippen LogP contribution in [0.1, 0.15) is 41.5 Å². The SMILES string of the molecule is Cc1cc(C(=O)O)n(-c2ccc(C(C)C)cc2)n1. The van der Waals surface area contributed by atoms with Crippen molar-refractivity contribution in [1.29, 1.82) is 0 Å². The first-order valence-electron chi connectivity index (χ1n) is 5.89. The van der Waals surface area contributed by atoms with Crippen molar-refractivity contribution in [3.8, 4) is 5.69 Å². The van der Waals surface area contributed by atoms with Crippen LogP contribution in [0, 0.1) is 6.92 Å². The van der Waals surface area contributed by atoms with Gasteiger partial charge in [-0.2, -0.15) is 5.10 Å². The van der Waals surface area contributed by atoms with Crippen molar-refractivity contribution in [2.24, 2.45) is 0 Å².